The lowest BCUT2D eigenvalue weighted by atomic mass is 9.77. The van der Waals surface area contributed by atoms with Gasteiger partial charge >= 0.3 is 0 Å². The van der Waals surface area contributed by atoms with E-state index in [1.54, 1.807) is 30.4 Å². The van der Waals surface area contributed by atoms with Gasteiger partial charge in [0, 0.05) is 97.7 Å². The molecule has 0 fully saturated rings. The molecule has 0 saturated carbocycles. The third-order valence-electron chi connectivity index (χ3n) is 25.4. The van der Waals surface area contributed by atoms with Gasteiger partial charge in [0.05, 0.1) is 0 Å². The van der Waals surface area contributed by atoms with Gasteiger partial charge in [-0.15, -0.1) is 0 Å². The van der Waals surface area contributed by atoms with Gasteiger partial charge in [-0.3, -0.25) is 9.97 Å². The monoisotopic (exact) mass is 1780 g/mol. The fourth-order valence-corrected chi connectivity index (χ4v) is 17.6. The van der Waals surface area contributed by atoms with Gasteiger partial charge in [-0.05, 0) is 149 Å². The molecule has 0 unspecified atom stereocenters. The largest absolute Gasteiger partial charge is 0.265 e. The zero-order chi connectivity index (χ0) is 93.9. The molecule has 0 N–H and O–H groups in total. The van der Waals surface area contributed by atoms with Gasteiger partial charge in [0.25, 0.3) is 0 Å². The van der Waals surface area contributed by atoms with Crippen molar-refractivity contribution in [3.8, 4) is 158 Å². The minimum Gasteiger partial charge on any atom is -0.265 e. The van der Waals surface area contributed by atoms with Crippen molar-refractivity contribution in [2.24, 2.45) is 5.92 Å². The third-order valence-corrected chi connectivity index (χ3v) is 25.4. The van der Waals surface area contributed by atoms with Crippen molar-refractivity contribution in [3.05, 3.63) is 440 Å². The molecule has 6 heterocycles. The second-order valence-electron chi connectivity index (χ2n) is 36.3. The molecule has 137 heavy (non-hydrogen) atoms. The van der Waals surface area contributed by atoms with Crippen molar-refractivity contribution in [2.45, 2.75) is 105 Å². The summed E-state index contributed by atoms with van der Waals surface area (Å²) in [5, 5.41) is 4.61. The molecule has 0 aliphatic heterocycles. The maximum absolute atomic E-state index is 5.18. The quantitative estimate of drug-likeness (QED) is 0.0791. The first-order chi connectivity index (χ1) is 66.9. The Kier molecular flexibility index (Phi) is 26.5. The van der Waals surface area contributed by atoms with Gasteiger partial charge in [-0.2, -0.15) is 0 Å². The van der Waals surface area contributed by atoms with Gasteiger partial charge in [0.1, 0.15) is 11.6 Å². The number of fused-ring (bicyclic) bond motifs is 4. The molecule has 20 aromatic rings. The highest BCUT2D eigenvalue weighted by Gasteiger charge is 2.39. The Morgan fingerprint density at radius 3 is 0.839 bits per heavy atom. The van der Waals surface area contributed by atoms with Crippen LogP contribution < -0.4 is 0 Å². The van der Waals surface area contributed by atoms with Crippen LogP contribution in [0.4, 0.5) is 0 Å². The van der Waals surface area contributed by atoms with Crippen LogP contribution in [0.15, 0.2) is 412 Å². The van der Waals surface area contributed by atoms with Crippen LogP contribution in [0.1, 0.15) is 128 Å². The van der Waals surface area contributed by atoms with Crippen molar-refractivity contribution in [1.29, 1.82) is 0 Å². The average Bonchev–Trinajstić information content (AvgIpc) is 1.57. The predicted molar refractivity (Wildman–Crippen MR) is 560 cm³/mol. The van der Waals surface area contributed by atoms with Gasteiger partial charge < -0.3 is 0 Å². The summed E-state index contributed by atoms with van der Waals surface area (Å²) in [5.74, 6) is 9.88. The highest BCUT2D eigenvalue weighted by Crippen LogP contribution is 2.53. The van der Waals surface area contributed by atoms with E-state index >= 15 is 0 Å². The van der Waals surface area contributed by atoms with E-state index in [-0.39, 0.29) is 17.3 Å². The Morgan fingerprint density at radius 1 is 0.219 bits per heavy atom. The highest BCUT2D eigenvalue weighted by atomic mass is 15.1. The van der Waals surface area contributed by atoms with E-state index in [0.717, 1.165) is 102 Å². The van der Waals surface area contributed by atoms with Crippen molar-refractivity contribution in [3.63, 3.8) is 0 Å². The van der Waals surface area contributed by atoms with Gasteiger partial charge in [0.2, 0.25) is 0 Å². The molecule has 0 bridgehead atoms. The molecule has 14 nitrogen and oxygen atoms in total. The normalized spacial score (nSPS) is 12.4. The summed E-state index contributed by atoms with van der Waals surface area (Å²) in [7, 11) is 0. The number of benzene rings is 14. The molecular formula is C123H104N14. The van der Waals surface area contributed by atoms with Crippen molar-refractivity contribution in [1.82, 2.24) is 69.8 Å². The Labute approximate surface area is 801 Å². The molecule has 6 aromatic heterocycles. The Morgan fingerprint density at radius 2 is 0.496 bits per heavy atom. The summed E-state index contributed by atoms with van der Waals surface area (Å²) in [5.41, 5.74) is 27.7. The van der Waals surface area contributed by atoms with E-state index in [4.69, 9.17) is 44.9 Å². The molecular weight excluding hydrogens is 1670 g/mol. The second kappa shape index (κ2) is 40.5. The summed E-state index contributed by atoms with van der Waals surface area (Å²) in [6.45, 7) is 22.1. The third kappa shape index (κ3) is 20.2. The smallest absolute Gasteiger partial charge is 0.164 e. The number of rotatable bonds is 18. The van der Waals surface area contributed by atoms with Crippen LogP contribution in [-0.2, 0) is 5.41 Å². The van der Waals surface area contributed by atoms with Crippen LogP contribution in [0.2, 0.25) is 0 Å². The van der Waals surface area contributed by atoms with E-state index in [1.165, 1.54) is 72.0 Å². The first-order valence-electron chi connectivity index (χ1n) is 47.1. The molecule has 2 aliphatic rings. The van der Waals surface area contributed by atoms with Crippen LogP contribution in [0.25, 0.3) is 186 Å². The molecule has 666 valence electrons. The number of pyridine rings is 2. The van der Waals surface area contributed by atoms with E-state index in [9.17, 15) is 0 Å². The van der Waals surface area contributed by atoms with Crippen LogP contribution >= 0.6 is 0 Å². The lowest BCUT2D eigenvalue weighted by Crippen LogP contribution is -2.18. The Balaban J connectivity index is 0.000000120. The van der Waals surface area contributed by atoms with Gasteiger partial charge in [-0.1, -0.05) is 421 Å². The first-order valence-corrected chi connectivity index (χ1v) is 47.1. The number of allylic oxidation sites excluding steroid dienone is 4. The Hall–Kier alpha value is -16.6. The average molecular weight is 1780 g/mol. The van der Waals surface area contributed by atoms with E-state index < -0.39 is 0 Å². The summed E-state index contributed by atoms with van der Waals surface area (Å²) < 4.78 is 0. The maximum atomic E-state index is 5.18. The second-order valence-corrected chi connectivity index (χ2v) is 36.3. The van der Waals surface area contributed by atoms with Crippen LogP contribution in [0.3, 0.4) is 0 Å². The molecule has 0 saturated heterocycles. The maximum Gasteiger partial charge on any atom is 0.164 e. The standard InChI is InChI=1S/C41H35N3.C36H29N3.C30H25N3.C16H15N5/c1-25(2)28-19-21-32-33-22-20-29(24-37(33)41(3,4)36(32)23-28)38-42-39(34-17-9-13-26-11-5-7-15-30(26)34)44-40(43-38)35-18-10-14-27-12-6-8-16-31(27)35;1-25(2)26-13-19-31(20-14-26)34-37-35(32-21-15-29(16-22-32)27-9-5-3-6-10-27)39-36(38-34)33-23-17-30(18-24-33)28-11-7-4-8-12-28;1-21(2)28-31-29(26-17-13-24(14-18-26)22-9-5-3-6-10-22)33-30(32-28)27-19-15-25(16-20-27)23-11-7-4-8-12-23;1-11(2)14-19-15(12-3-7-17-8-4-12)21-16(20-14)13-5-9-18-10-6-13/h5-18,20,22-25H,19,21H2,1-4H3;3-25H,1-2H3;3-21H,1-2H3;3-11H,1-2H3. The van der Waals surface area contributed by atoms with Crippen molar-refractivity contribution in [2.75, 3.05) is 0 Å². The summed E-state index contributed by atoms with van der Waals surface area (Å²) in [6.07, 6.45) is 11.7. The van der Waals surface area contributed by atoms with Crippen LogP contribution in [-0.4, -0.2) is 69.8 Å². The lowest BCUT2D eigenvalue weighted by molar-refractivity contribution is 0.638. The SMILES string of the molecule is CC(C)C1=CC2=C(CC1)c1ccc(-c3nc(-c4cccc5ccccc45)nc(-c4cccc5ccccc45)n3)cc1C2(C)C.CC(C)c1ccc(-c2nc(-c3ccc(-c4ccccc4)cc3)nc(-c3ccc(-c4ccccc4)cc3)n2)cc1.CC(C)c1nc(-c2ccc(-c3ccccc3)cc2)nc(-c2ccc(-c3ccccc3)cc2)n1.CC(C)c1nc(-c2ccncc2)nc(-c2ccncc2)n1. The predicted octanol–water partition coefficient (Wildman–Crippen LogP) is 30.7. The molecule has 22 rings (SSSR count). The highest BCUT2D eigenvalue weighted by molar-refractivity contribution is 5.98. The lowest BCUT2D eigenvalue weighted by Gasteiger charge is -2.27. The summed E-state index contributed by atoms with van der Waals surface area (Å²) in [4.78, 5) is 66.4. The molecule has 0 amide bonds. The van der Waals surface area contributed by atoms with Crippen LogP contribution in [0, 0.1) is 5.92 Å². The fraction of sp³-hybridized carbons (Fsp3) is 0.138. The van der Waals surface area contributed by atoms with Gasteiger partial charge in [0.15, 0.2) is 58.2 Å². The van der Waals surface area contributed by atoms with E-state index in [0.29, 0.717) is 70.1 Å². The topological polar surface area (TPSA) is 180 Å². The van der Waals surface area contributed by atoms with Crippen LogP contribution in [0.5, 0.6) is 0 Å². The van der Waals surface area contributed by atoms with Gasteiger partial charge in [-0.25, -0.2) is 59.8 Å². The zero-order valence-electron chi connectivity index (χ0n) is 78.6. The fourth-order valence-electron chi connectivity index (χ4n) is 17.6. The summed E-state index contributed by atoms with van der Waals surface area (Å²) >= 11 is 0. The van der Waals surface area contributed by atoms with Crippen molar-refractivity contribution >= 4 is 27.1 Å². The van der Waals surface area contributed by atoms with E-state index in [2.05, 4.69) is 422 Å². The molecule has 14 heteroatoms. The van der Waals surface area contributed by atoms with E-state index in [1.807, 2.05) is 48.5 Å². The zero-order valence-corrected chi connectivity index (χ0v) is 78.6. The minimum absolute atomic E-state index is 0.0782. The number of nitrogens with zero attached hydrogens (tertiary/aromatic N) is 14. The molecule has 2 aliphatic carbocycles. The molecule has 14 aromatic carbocycles. The molecule has 0 spiro atoms. The molecule has 0 radical (unpaired) electrons. The Bertz CT molecular complexity index is 7340. The summed E-state index contributed by atoms with van der Waals surface area (Å²) in [6, 6.07) is 128. The van der Waals surface area contributed by atoms with Crippen molar-refractivity contribution < 1.29 is 0 Å². The minimum atomic E-state index is -0.0782. The number of hydrogen-bond acceptors (Lipinski definition) is 14. The first kappa shape index (κ1) is 89.6. The number of aromatic nitrogens is 14. The molecule has 0 atom stereocenters. The number of hydrogen-bond donors (Lipinski definition) is 0.